The summed E-state index contributed by atoms with van der Waals surface area (Å²) in [6.07, 6.45) is 2.57. The lowest BCUT2D eigenvalue weighted by Crippen LogP contribution is -2.47. The van der Waals surface area contributed by atoms with Gasteiger partial charge in [0, 0.05) is 28.0 Å². The molecule has 4 rings (SSSR count). The molecule has 164 valence electrons. The average molecular weight is 511 g/mol. The Balaban J connectivity index is 1.50. The van der Waals surface area contributed by atoms with Crippen LogP contribution in [-0.2, 0) is 10.4 Å². The van der Waals surface area contributed by atoms with Gasteiger partial charge in [0.2, 0.25) is 0 Å². The second-order valence-electron chi connectivity index (χ2n) is 7.72. The highest BCUT2D eigenvalue weighted by atomic mass is 79.9. The Morgan fingerprint density at radius 3 is 2.31 bits per heavy atom. The zero-order valence-corrected chi connectivity index (χ0v) is 19.7. The Kier molecular flexibility index (Phi) is 6.89. The van der Waals surface area contributed by atoms with Gasteiger partial charge in [-0.2, -0.15) is 0 Å². The maximum Gasteiger partial charge on any atom is 0.270 e. The first-order valence-corrected chi connectivity index (χ1v) is 12.0. The number of hydrogen-bond acceptors (Lipinski definition) is 4. The van der Waals surface area contributed by atoms with Crippen molar-refractivity contribution in [1.29, 1.82) is 0 Å². The molecule has 2 amide bonds. The molecule has 1 aliphatic rings. The van der Waals surface area contributed by atoms with Gasteiger partial charge in [-0.15, -0.1) is 11.3 Å². The Morgan fingerprint density at radius 1 is 1.00 bits per heavy atom. The topological polar surface area (TPSA) is 69.6 Å². The van der Waals surface area contributed by atoms with Crippen LogP contribution in [0.2, 0.25) is 0 Å². The zero-order chi connectivity index (χ0) is 22.6. The normalized spacial score (nSPS) is 15.9. The van der Waals surface area contributed by atoms with Crippen molar-refractivity contribution >= 4 is 45.2 Å². The molecule has 2 heterocycles. The largest absolute Gasteiger partial charge is 0.385 e. The monoisotopic (exact) mass is 510 g/mol. The van der Waals surface area contributed by atoms with Gasteiger partial charge in [-0.1, -0.05) is 52.3 Å². The number of carbonyl (C=O) groups is 2. The second kappa shape index (κ2) is 9.81. The Morgan fingerprint density at radius 2 is 1.69 bits per heavy atom. The van der Waals surface area contributed by atoms with Crippen LogP contribution in [-0.4, -0.2) is 34.9 Å². The van der Waals surface area contributed by atoms with Crippen molar-refractivity contribution in [3.8, 4) is 0 Å². The van der Waals surface area contributed by atoms with Gasteiger partial charge in [0.15, 0.2) is 0 Å². The number of amides is 2. The molecule has 0 bridgehead atoms. The van der Waals surface area contributed by atoms with Crippen molar-refractivity contribution in [1.82, 2.24) is 10.2 Å². The quantitative estimate of drug-likeness (QED) is 0.484. The van der Waals surface area contributed by atoms with E-state index in [1.54, 1.807) is 35.2 Å². The number of thiophene rings is 1. The number of hydrogen-bond donors (Lipinski definition) is 2. The molecule has 1 aliphatic heterocycles. The fourth-order valence-corrected chi connectivity index (χ4v) is 4.67. The Labute approximate surface area is 199 Å². The highest BCUT2D eigenvalue weighted by Crippen LogP contribution is 2.34. The van der Waals surface area contributed by atoms with E-state index in [0.29, 0.717) is 31.5 Å². The molecule has 0 saturated carbocycles. The predicted octanol–water partition coefficient (Wildman–Crippen LogP) is 4.79. The number of benzene rings is 2. The van der Waals surface area contributed by atoms with Crippen LogP contribution in [0.5, 0.6) is 0 Å². The van der Waals surface area contributed by atoms with Crippen LogP contribution in [0.15, 0.2) is 82.3 Å². The molecule has 1 saturated heterocycles. The van der Waals surface area contributed by atoms with E-state index in [1.165, 1.54) is 11.3 Å². The summed E-state index contributed by atoms with van der Waals surface area (Å²) in [6, 6.07) is 20.3. The summed E-state index contributed by atoms with van der Waals surface area (Å²) in [5.41, 5.74) is 0.595. The maximum absolute atomic E-state index is 13.3. The van der Waals surface area contributed by atoms with Crippen molar-refractivity contribution < 1.29 is 14.7 Å². The van der Waals surface area contributed by atoms with Gasteiger partial charge in [0.1, 0.15) is 5.70 Å². The first kappa shape index (κ1) is 22.5. The molecule has 3 aromatic rings. The van der Waals surface area contributed by atoms with E-state index in [4.69, 9.17) is 0 Å². The minimum Gasteiger partial charge on any atom is -0.385 e. The molecule has 2 N–H and O–H groups in total. The molecule has 0 spiro atoms. The fourth-order valence-electron chi connectivity index (χ4n) is 3.75. The van der Waals surface area contributed by atoms with Crippen molar-refractivity contribution in [2.24, 2.45) is 0 Å². The fraction of sp³-hybridized carbons (Fsp3) is 0.200. The number of likely N-dealkylation sites (tertiary alicyclic amines) is 1. The third kappa shape index (κ3) is 5.18. The van der Waals surface area contributed by atoms with Crippen LogP contribution in [0, 0.1) is 0 Å². The Hall–Kier alpha value is -2.74. The number of nitrogens with one attached hydrogen (secondary N) is 1. The van der Waals surface area contributed by atoms with Gasteiger partial charge in [-0.05, 0) is 60.2 Å². The minimum atomic E-state index is -0.970. The van der Waals surface area contributed by atoms with E-state index in [2.05, 4.69) is 21.2 Å². The van der Waals surface area contributed by atoms with E-state index in [-0.39, 0.29) is 17.5 Å². The molecule has 32 heavy (non-hydrogen) atoms. The standard InChI is InChI=1S/C25H23BrN2O3S/c26-20-10-8-19(9-11-20)25(31)12-14-28(15-13-25)24(30)22(17-21-7-4-16-32-21)27-23(29)18-5-2-1-3-6-18/h1-11,16-17,31H,12-15H2,(H,27,29)/b22-17-. The number of carbonyl (C=O) groups excluding carboxylic acids is 2. The lowest BCUT2D eigenvalue weighted by Gasteiger charge is -2.38. The van der Waals surface area contributed by atoms with Gasteiger partial charge in [-0.3, -0.25) is 9.59 Å². The Bertz CT molecular complexity index is 1100. The van der Waals surface area contributed by atoms with Crippen molar-refractivity contribution in [2.45, 2.75) is 18.4 Å². The summed E-state index contributed by atoms with van der Waals surface area (Å²) >= 11 is 4.91. The van der Waals surface area contributed by atoms with Gasteiger partial charge in [0.25, 0.3) is 11.8 Å². The smallest absolute Gasteiger partial charge is 0.270 e. The highest BCUT2D eigenvalue weighted by Gasteiger charge is 2.36. The lowest BCUT2D eigenvalue weighted by atomic mass is 9.84. The third-order valence-electron chi connectivity index (χ3n) is 5.60. The molecule has 0 radical (unpaired) electrons. The van der Waals surface area contributed by atoms with Gasteiger partial charge >= 0.3 is 0 Å². The van der Waals surface area contributed by atoms with E-state index in [1.807, 2.05) is 47.8 Å². The predicted molar refractivity (Wildman–Crippen MR) is 130 cm³/mol. The molecule has 7 heteroatoms. The first-order chi connectivity index (χ1) is 15.4. The number of nitrogens with zero attached hydrogens (tertiary/aromatic N) is 1. The number of rotatable bonds is 5. The van der Waals surface area contributed by atoms with Crippen LogP contribution in [0.1, 0.15) is 33.6 Å². The van der Waals surface area contributed by atoms with Crippen LogP contribution >= 0.6 is 27.3 Å². The third-order valence-corrected chi connectivity index (χ3v) is 6.95. The molecule has 0 atom stereocenters. The molecule has 0 aliphatic carbocycles. The van der Waals surface area contributed by atoms with Gasteiger partial charge < -0.3 is 15.3 Å². The van der Waals surface area contributed by atoms with E-state index < -0.39 is 5.60 Å². The minimum absolute atomic E-state index is 0.232. The maximum atomic E-state index is 13.3. The second-order valence-corrected chi connectivity index (χ2v) is 9.62. The van der Waals surface area contributed by atoms with E-state index in [9.17, 15) is 14.7 Å². The summed E-state index contributed by atoms with van der Waals surface area (Å²) in [5, 5.41) is 15.9. The van der Waals surface area contributed by atoms with E-state index in [0.717, 1.165) is 14.9 Å². The average Bonchev–Trinajstić information content (AvgIpc) is 3.33. The number of aliphatic hydroxyl groups is 1. The molecular weight excluding hydrogens is 488 g/mol. The van der Waals surface area contributed by atoms with E-state index >= 15 is 0 Å². The summed E-state index contributed by atoms with van der Waals surface area (Å²) in [7, 11) is 0. The SMILES string of the molecule is O=C(N/C(=C\c1cccs1)C(=O)N1CCC(O)(c2ccc(Br)cc2)CC1)c1ccccc1. The summed E-state index contributed by atoms with van der Waals surface area (Å²) in [4.78, 5) is 28.6. The molecule has 2 aromatic carbocycles. The van der Waals surface area contributed by atoms with Crippen LogP contribution in [0.3, 0.4) is 0 Å². The summed E-state index contributed by atoms with van der Waals surface area (Å²) in [6.45, 7) is 0.794. The zero-order valence-electron chi connectivity index (χ0n) is 17.3. The first-order valence-electron chi connectivity index (χ1n) is 10.3. The summed E-state index contributed by atoms with van der Waals surface area (Å²) < 4.78 is 0.954. The molecular formula is C25H23BrN2O3S. The van der Waals surface area contributed by atoms with Crippen molar-refractivity contribution in [3.05, 3.63) is 98.3 Å². The molecule has 0 unspecified atom stereocenters. The van der Waals surface area contributed by atoms with Gasteiger partial charge in [0.05, 0.1) is 5.60 Å². The van der Waals surface area contributed by atoms with Crippen LogP contribution in [0.25, 0.3) is 6.08 Å². The number of piperidine rings is 1. The molecule has 1 aromatic heterocycles. The highest BCUT2D eigenvalue weighted by molar-refractivity contribution is 9.10. The lowest BCUT2D eigenvalue weighted by molar-refractivity contribution is -0.131. The summed E-state index contributed by atoms with van der Waals surface area (Å²) in [5.74, 6) is -0.578. The van der Waals surface area contributed by atoms with Crippen LogP contribution in [0.4, 0.5) is 0 Å². The van der Waals surface area contributed by atoms with Crippen LogP contribution < -0.4 is 5.32 Å². The molecule has 1 fully saturated rings. The molecule has 5 nitrogen and oxygen atoms in total. The van der Waals surface area contributed by atoms with Crippen molar-refractivity contribution in [3.63, 3.8) is 0 Å². The number of halogens is 1. The van der Waals surface area contributed by atoms with Crippen molar-refractivity contribution in [2.75, 3.05) is 13.1 Å². The van der Waals surface area contributed by atoms with Gasteiger partial charge in [-0.25, -0.2) is 0 Å².